The molecule has 0 fully saturated rings. The summed E-state index contributed by atoms with van der Waals surface area (Å²) in [5.74, 6) is -1.19. The molecule has 2 N–H and O–H groups in total. The summed E-state index contributed by atoms with van der Waals surface area (Å²) in [6.07, 6.45) is 0. The molecule has 0 unspecified atom stereocenters. The Kier molecular flexibility index (Phi) is 6.79. The number of carbonyl (C=O) groups excluding carboxylic acids is 3. The fraction of sp³-hybridized carbons (Fsp3) is 0.0417. The second-order valence-corrected chi connectivity index (χ2v) is 8.34. The summed E-state index contributed by atoms with van der Waals surface area (Å²) in [6.45, 7) is 0. The van der Waals surface area contributed by atoms with Gasteiger partial charge in [-0.3, -0.25) is 14.4 Å². The van der Waals surface area contributed by atoms with Gasteiger partial charge in [-0.15, -0.1) is 0 Å². The van der Waals surface area contributed by atoms with Crippen molar-refractivity contribution in [3.05, 3.63) is 93.1 Å². The van der Waals surface area contributed by atoms with Gasteiger partial charge >= 0.3 is 0 Å². The van der Waals surface area contributed by atoms with E-state index in [-0.39, 0.29) is 27.3 Å². The number of hydrogen-bond acceptors (Lipinski definition) is 5. The number of nitrogens with zero attached hydrogens (tertiary/aromatic N) is 1. The number of rotatable bonds is 6. The third kappa shape index (κ3) is 4.72. The highest BCUT2D eigenvalue weighted by Crippen LogP contribution is 2.35. The van der Waals surface area contributed by atoms with Crippen molar-refractivity contribution in [3.63, 3.8) is 0 Å². The molecule has 3 aromatic carbocycles. The Labute approximate surface area is 209 Å². The Balaban J connectivity index is 1.54. The zero-order valence-corrected chi connectivity index (χ0v) is 19.8. The summed E-state index contributed by atoms with van der Waals surface area (Å²) in [7, 11) is 1.53. The fourth-order valence-electron chi connectivity index (χ4n) is 3.28. The lowest BCUT2D eigenvalue weighted by Crippen LogP contribution is -2.32. The van der Waals surface area contributed by atoms with Gasteiger partial charge in [0.25, 0.3) is 17.7 Å². The molecule has 0 saturated carbocycles. The lowest BCUT2D eigenvalue weighted by molar-refractivity contribution is -0.120. The minimum absolute atomic E-state index is 0.121. The van der Waals surface area contributed by atoms with Gasteiger partial charge in [0.2, 0.25) is 0 Å². The van der Waals surface area contributed by atoms with Crippen LogP contribution in [0.2, 0.25) is 10.0 Å². The number of ether oxygens (including phenoxy) is 1. The Morgan fingerprint density at radius 2 is 1.62 bits per heavy atom. The molecule has 0 radical (unpaired) electrons. The van der Waals surface area contributed by atoms with Crippen LogP contribution in [-0.4, -0.2) is 24.8 Å². The molecule has 34 heavy (non-hydrogen) atoms. The number of carbonyl (C=O) groups is 3. The van der Waals surface area contributed by atoms with Crippen LogP contribution in [0.25, 0.3) is 0 Å². The predicted octanol–water partition coefficient (Wildman–Crippen LogP) is 5.69. The number of hydrogen-bond donors (Lipinski definition) is 2. The van der Waals surface area contributed by atoms with Crippen molar-refractivity contribution in [2.24, 2.45) is 0 Å². The molecule has 0 bridgehead atoms. The molecule has 1 heterocycles. The van der Waals surface area contributed by atoms with Gasteiger partial charge in [0, 0.05) is 28.0 Å². The van der Waals surface area contributed by atoms with Gasteiger partial charge in [-0.05, 0) is 48.5 Å². The van der Waals surface area contributed by atoms with Gasteiger partial charge in [0.15, 0.2) is 0 Å². The molecule has 7 nitrogen and oxygen atoms in total. The Morgan fingerprint density at radius 3 is 2.35 bits per heavy atom. The average Bonchev–Trinajstić information content (AvgIpc) is 3.03. The van der Waals surface area contributed by atoms with E-state index >= 15 is 0 Å². The highest BCUT2D eigenvalue weighted by Gasteiger charge is 2.39. The monoisotopic (exact) mass is 515 g/mol. The summed E-state index contributed by atoms with van der Waals surface area (Å²) in [5.41, 5.74) is 1.28. The van der Waals surface area contributed by atoms with Crippen LogP contribution in [0, 0.1) is 0 Å². The van der Waals surface area contributed by atoms with Gasteiger partial charge in [-0.25, -0.2) is 4.90 Å². The van der Waals surface area contributed by atoms with Crippen molar-refractivity contribution in [1.82, 2.24) is 0 Å². The van der Waals surface area contributed by atoms with Crippen LogP contribution in [0.5, 0.6) is 5.75 Å². The Hall–Kier alpha value is -3.52. The normalized spacial score (nSPS) is 13.4. The van der Waals surface area contributed by atoms with E-state index in [0.29, 0.717) is 27.7 Å². The SMILES string of the molecule is COc1cccc(NC(=O)c2cccc(NC3=C(Cl)C(=O)N(c4ccc(Cl)cc4Cl)C3=O)c2)c1. The van der Waals surface area contributed by atoms with Crippen LogP contribution < -0.4 is 20.3 Å². The van der Waals surface area contributed by atoms with Gasteiger partial charge in [-0.2, -0.15) is 0 Å². The number of imide groups is 1. The molecule has 0 atom stereocenters. The summed E-state index contributed by atoms with van der Waals surface area (Å²) < 4.78 is 5.16. The molecule has 0 spiro atoms. The first-order chi connectivity index (χ1) is 16.3. The minimum atomic E-state index is -0.731. The standard InChI is InChI=1S/C24H16Cl3N3O4/c1-34-17-7-3-6-16(12-17)29-22(31)13-4-2-5-15(10-13)28-21-20(27)23(32)30(24(21)33)19-9-8-14(25)11-18(19)26/h2-12,28H,1H3,(H,29,31). The molecule has 1 aliphatic rings. The summed E-state index contributed by atoms with van der Waals surface area (Å²) in [5, 5.41) is 5.80. The lowest BCUT2D eigenvalue weighted by atomic mass is 10.1. The minimum Gasteiger partial charge on any atom is -0.497 e. The molecule has 0 aromatic heterocycles. The molecular formula is C24H16Cl3N3O4. The van der Waals surface area contributed by atoms with Crippen molar-refractivity contribution in [2.45, 2.75) is 0 Å². The first-order valence-corrected chi connectivity index (χ1v) is 11.0. The van der Waals surface area contributed by atoms with E-state index in [1.54, 1.807) is 42.5 Å². The topological polar surface area (TPSA) is 87.7 Å². The first kappa shape index (κ1) is 23.6. The van der Waals surface area contributed by atoms with E-state index in [2.05, 4.69) is 10.6 Å². The van der Waals surface area contributed by atoms with Crippen LogP contribution in [0.15, 0.2) is 77.5 Å². The maximum Gasteiger partial charge on any atom is 0.283 e. The molecule has 4 rings (SSSR count). The molecule has 172 valence electrons. The maximum absolute atomic E-state index is 13.0. The lowest BCUT2D eigenvalue weighted by Gasteiger charge is -2.16. The molecule has 3 aromatic rings. The number of anilines is 3. The second kappa shape index (κ2) is 9.77. The van der Waals surface area contributed by atoms with E-state index in [0.717, 1.165) is 4.90 Å². The zero-order chi connectivity index (χ0) is 24.4. The predicted molar refractivity (Wildman–Crippen MR) is 133 cm³/mol. The Morgan fingerprint density at radius 1 is 0.882 bits per heavy atom. The van der Waals surface area contributed by atoms with Gasteiger partial charge < -0.3 is 15.4 Å². The van der Waals surface area contributed by atoms with Crippen LogP contribution in [-0.2, 0) is 9.59 Å². The van der Waals surface area contributed by atoms with Crippen molar-refractivity contribution in [2.75, 3.05) is 22.6 Å². The zero-order valence-electron chi connectivity index (χ0n) is 17.6. The largest absolute Gasteiger partial charge is 0.497 e. The van der Waals surface area contributed by atoms with E-state index in [9.17, 15) is 14.4 Å². The smallest absolute Gasteiger partial charge is 0.283 e. The summed E-state index contributed by atoms with van der Waals surface area (Å²) in [4.78, 5) is 39.3. The van der Waals surface area contributed by atoms with Crippen LogP contribution >= 0.6 is 34.8 Å². The van der Waals surface area contributed by atoms with E-state index in [1.165, 1.54) is 31.4 Å². The fourth-order valence-corrected chi connectivity index (χ4v) is 3.98. The highest BCUT2D eigenvalue weighted by atomic mass is 35.5. The maximum atomic E-state index is 13.0. The third-order valence-electron chi connectivity index (χ3n) is 4.90. The number of halogens is 3. The van der Waals surface area contributed by atoms with Crippen molar-refractivity contribution in [1.29, 1.82) is 0 Å². The number of benzene rings is 3. The van der Waals surface area contributed by atoms with E-state index in [4.69, 9.17) is 39.5 Å². The number of amides is 3. The Bertz CT molecular complexity index is 1360. The molecule has 0 aliphatic carbocycles. The summed E-state index contributed by atoms with van der Waals surface area (Å²) >= 11 is 18.3. The molecular weight excluding hydrogens is 501 g/mol. The first-order valence-electron chi connectivity index (χ1n) is 9.84. The molecule has 0 saturated heterocycles. The van der Waals surface area contributed by atoms with Crippen LogP contribution in [0.4, 0.5) is 17.1 Å². The average molecular weight is 517 g/mol. The molecule has 1 aliphatic heterocycles. The third-order valence-corrected chi connectivity index (χ3v) is 5.79. The second-order valence-electron chi connectivity index (χ2n) is 7.12. The van der Waals surface area contributed by atoms with Crippen molar-refractivity contribution in [3.8, 4) is 5.75 Å². The van der Waals surface area contributed by atoms with E-state index < -0.39 is 11.8 Å². The van der Waals surface area contributed by atoms with Crippen molar-refractivity contribution < 1.29 is 19.1 Å². The van der Waals surface area contributed by atoms with E-state index in [1.807, 2.05) is 0 Å². The molecule has 10 heteroatoms. The molecule has 3 amide bonds. The highest BCUT2D eigenvalue weighted by molar-refractivity contribution is 6.54. The van der Waals surface area contributed by atoms with Gasteiger partial charge in [0.1, 0.15) is 16.5 Å². The van der Waals surface area contributed by atoms with Crippen LogP contribution in [0.3, 0.4) is 0 Å². The quantitative estimate of drug-likeness (QED) is 0.411. The summed E-state index contributed by atoms with van der Waals surface area (Å²) in [6, 6.07) is 17.7. The number of methoxy groups -OCH3 is 1. The van der Waals surface area contributed by atoms with Gasteiger partial charge in [0.05, 0.1) is 17.8 Å². The number of nitrogens with one attached hydrogen (secondary N) is 2. The van der Waals surface area contributed by atoms with Crippen molar-refractivity contribution >= 4 is 69.6 Å². The van der Waals surface area contributed by atoms with Gasteiger partial charge in [-0.1, -0.05) is 46.9 Å². The van der Waals surface area contributed by atoms with Crippen LogP contribution in [0.1, 0.15) is 10.4 Å².